The number of pyridine rings is 1. The third kappa shape index (κ3) is 3.42. The van der Waals surface area contributed by atoms with Crippen LogP contribution in [0.2, 0.25) is 0 Å². The highest BCUT2D eigenvalue weighted by molar-refractivity contribution is 5.79. The molecule has 1 fully saturated rings. The molecule has 3 rings (SSSR count). The summed E-state index contributed by atoms with van der Waals surface area (Å²) in [6, 6.07) is 11.6. The standard InChI is InChI=1S/C18H25N3/c1-14-5-7-16-12-15(6-8-18(16)20-14)13-21-11-3-2-4-17(21)9-10-19/h5-8,12,17H,2-4,9-11,13,19H2,1H3. The average Bonchev–Trinajstić information content (AvgIpc) is 2.50. The van der Waals surface area contributed by atoms with Gasteiger partial charge in [0.05, 0.1) is 5.52 Å². The van der Waals surface area contributed by atoms with Gasteiger partial charge in [-0.2, -0.15) is 0 Å². The monoisotopic (exact) mass is 283 g/mol. The van der Waals surface area contributed by atoms with Gasteiger partial charge in [-0.25, -0.2) is 0 Å². The van der Waals surface area contributed by atoms with Crippen LogP contribution < -0.4 is 5.73 Å². The molecule has 0 amide bonds. The van der Waals surface area contributed by atoms with Gasteiger partial charge in [0.1, 0.15) is 0 Å². The molecule has 112 valence electrons. The van der Waals surface area contributed by atoms with E-state index in [4.69, 9.17) is 5.73 Å². The Balaban J connectivity index is 1.78. The Hall–Kier alpha value is -1.45. The maximum Gasteiger partial charge on any atom is 0.0705 e. The summed E-state index contributed by atoms with van der Waals surface area (Å²) in [6.45, 7) is 5.07. The third-order valence-corrected chi connectivity index (χ3v) is 4.53. The van der Waals surface area contributed by atoms with Gasteiger partial charge in [-0.1, -0.05) is 18.6 Å². The van der Waals surface area contributed by atoms with Gasteiger partial charge in [0, 0.05) is 23.7 Å². The number of hydrogen-bond acceptors (Lipinski definition) is 3. The van der Waals surface area contributed by atoms with Crippen molar-refractivity contribution in [2.75, 3.05) is 13.1 Å². The molecule has 3 nitrogen and oxygen atoms in total. The zero-order valence-corrected chi connectivity index (χ0v) is 12.9. The maximum atomic E-state index is 5.77. The van der Waals surface area contributed by atoms with E-state index in [0.717, 1.165) is 30.7 Å². The Morgan fingerprint density at radius 1 is 1.24 bits per heavy atom. The van der Waals surface area contributed by atoms with Crippen LogP contribution in [-0.2, 0) is 6.54 Å². The van der Waals surface area contributed by atoms with Crippen molar-refractivity contribution in [1.29, 1.82) is 0 Å². The van der Waals surface area contributed by atoms with E-state index in [1.165, 1.54) is 36.8 Å². The van der Waals surface area contributed by atoms with Crippen molar-refractivity contribution in [3.8, 4) is 0 Å². The van der Waals surface area contributed by atoms with Crippen LogP contribution >= 0.6 is 0 Å². The van der Waals surface area contributed by atoms with Crippen LogP contribution in [0.25, 0.3) is 10.9 Å². The van der Waals surface area contributed by atoms with Gasteiger partial charge in [-0.05, 0) is 63.0 Å². The molecule has 1 unspecified atom stereocenters. The molecule has 1 aromatic carbocycles. The number of rotatable bonds is 4. The van der Waals surface area contributed by atoms with Crippen molar-refractivity contribution in [3.05, 3.63) is 41.6 Å². The lowest BCUT2D eigenvalue weighted by Crippen LogP contribution is -2.40. The average molecular weight is 283 g/mol. The van der Waals surface area contributed by atoms with E-state index in [2.05, 4.69) is 40.2 Å². The van der Waals surface area contributed by atoms with Gasteiger partial charge in [-0.15, -0.1) is 0 Å². The number of likely N-dealkylation sites (tertiary alicyclic amines) is 1. The largest absolute Gasteiger partial charge is 0.330 e. The first-order chi connectivity index (χ1) is 10.3. The Labute approximate surface area is 127 Å². The molecule has 1 aromatic heterocycles. The molecule has 2 N–H and O–H groups in total. The minimum atomic E-state index is 0.663. The van der Waals surface area contributed by atoms with Crippen molar-refractivity contribution in [3.63, 3.8) is 0 Å². The van der Waals surface area contributed by atoms with E-state index in [9.17, 15) is 0 Å². The number of aromatic nitrogens is 1. The van der Waals surface area contributed by atoms with Crippen LogP contribution in [0.1, 0.15) is 36.9 Å². The Bertz CT molecular complexity index is 606. The Morgan fingerprint density at radius 3 is 3.00 bits per heavy atom. The zero-order valence-electron chi connectivity index (χ0n) is 12.9. The topological polar surface area (TPSA) is 42.1 Å². The molecule has 1 saturated heterocycles. The highest BCUT2D eigenvalue weighted by Crippen LogP contribution is 2.23. The van der Waals surface area contributed by atoms with Crippen LogP contribution in [-0.4, -0.2) is 29.0 Å². The fourth-order valence-corrected chi connectivity index (χ4v) is 3.40. The number of benzene rings is 1. The van der Waals surface area contributed by atoms with E-state index >= 15 is 0 Å². The van der Waals surface area contributed by atoms with E-state index in [-0.39, 0.29) is 0 Å². The molecule has 1 aliphatic heterocycles. The molecule has 0 spiro atoms. The fraction of sp³-hybridized carbons (Fsp3) is 0.500. The number of hydrogen-bond donors (Lipinski definition) is 1. The quantitative estimate of drug-likeness (QED) is 0.936. The summed E-state index contributed by atoms with van der Waals surface area (Å²) in [6.07, 6.45) is 5.08. The highest BCUT2D eigenvalue weighted by atomic mass is 15.2. The van der Waals surface area contributed by atoms with Gasteiger partial charge < -0.3 is 5.73 Å². The number of nitrogens with two attached hydrogens (primary N) is 1. The molecule has 0 radical (unpaired) electrons. The molecule has 3 heteroatoms. The first kappa shape index (κ1) is 14.5. The summed E-state index contributed by atoms with van der Waals surface area (Å²) in [5, 5.41) is 1.24. The number of nitrogens with zero attached hydrogens (tertiary/aromatic N) is 2. The summed E-state index contributed by atoms with van der Waals surface area (Å²) < 4.78 is 0. The summed E-state index contributed by atoms with van der Waals surface area (Å²) >= 11 is 0. The molecule has 1 atom stereocenters. The van der Waals surface area contributed by atoms with Crippen molar-refractivity contribution in [1.82, 2.24) is 9.88 Å². The van der Waals surface area contributed by atoms with Crippen molar-refractivity contribution < 1.29 is 0 Å². The molecular weight excluding hydrogens is 258 g/mol. The first-order valence-corrected chi connectivity index (χ1v) is 8.06. The lowest BCUT2D eigenvalue weighted by Gasteiger charge is -2.35. The van der Waals surface area contributed by atoms with E-state index in [0.29, 0.717) is 6.04 Å². The van der Waals surface area contributed by atoms with E-state index in [1.807, 2.05) is 6.92 Å². The predicted molar refractivity (Wildman–Crippen MR) is 88.2 cm³/mol. The predicted octanol–water partition coefficient (Wildman–Crippen LogP) is 3.25. The first-order valence-electron chi connectivity index (χ1n) is 8.06. The summed E-state index contributed by atoms with van der Waals surface area (Å²) in [7, 11) is 0. The number of fused-ring (bicyclic) bond motifs is 1. The zero-order chi connectivity index (χ0) is 14.7. The fourth-order valence-electron chi connectivity index (χ4n) is 3.40. The van der Waals surface area contributed by atoms with Gasteiger partial charge in [-0.3, -0.25) is 9.88 Å². The van der Waals surface area contributed by atoms with Gasteiger partial charge in [0.2, 0.25) is 0 Å². The molecule has 21 heavy (non-hydrogen) atoms. The molecule has 0 saturated carbocycles. The van der Waals surface area contributed by atoms with E-state index in [1.54, 1.807) is 0 Å². The smallest absolute Gasteiger partial charge is 0.0705 e. The molecule has 0 bridgehead atoms. The minimum Gasteiger partial charge on any atom is -0.330 e. The van der Waals surface area contributed by atoms with Crippen LogP contribution in [0.5, 0.6) is 0 Å². The van der Waals surface area contributed by atoms with Crippen molar-refractivity contribution >= 4 is 10.9 Å². The Morgan fingerprint density at radius 2 is 2.14 bits per heavy atom. The number of piperidine rings is 1. The second kappa shape index (κ2) is 6.54. The van der Waals surface area contributed by atoms with Crippen LogP contribution in [0, 0.1) is 6.92 Å². The van der Waals surface area contributed by atoms with Crippen LogP contribution in [0.15, 0.2) is 30.3 Å². The lowest BCUT2D eigenvalue weighted by atomic mass is 9.98. The molecular formula is C18H25N3. The van der Waals surface area contributed by atoms with E-state index < -0.39 is 0 Å². The molecule has 2 aromatic rings. The SMILES string of the molecule is Cc1ccc2cc(CN3CCCCC3CCN)ccc2n1. The van der Waals surface area contributed by atoms with Crippen molar-refractivity contribution in [2.24, 2.45) is 5.73 Å². The second-order valence-corrected chi connectivity index (χ2v) is 6.18. The Kier molecular flexibility index (Phi) is 4.51. The molecule has 1 aliphatic rings. The molecule has 2 heterocycles. The van der Waals surface area contributed by atoms with Gasteiger partial charge in [0.25, 0.3) is 0 Å². The summed E-state index contributed by atoms with van der Waals surface area (Å²) in [4.78, 5) is 7.19. The highest BCUT2D eigenvalue weighted by Gasteiger charge is 2.21. The van der Waals surface area contributed by atoms with Crippen LogP contribution in [0.4, 0.5) is 0 Å². The minimum absolute atomic E-state index is 0.663. The summed E-state index contributed by atoms with van der Waals surface area (Å²) in [5.74, 6) is 0. The lowest BCUT2D eigenvalue weighted by molar-refractivity contribution is 0.134. The maximum absolute atomic E-state index is 5.77. The molecule has 0 aliphatic carbocycles. The van der Waals surface area contributed by atoms with Gasteiger partial charge >= 0.3 is 0 Å². The second-order valence-electron chi connectivity index (χ2n) is 6.18. The van der Waals surface area contributed by atoms with Gasteiger partial charge in [0.15, 0.2) is 0 Å². The number of aryl methyl sites for hydroxylation is 1. The van der Waals surface area contributed by atoms with Crippen LogP contribution in [0.3, 0.4) is 0 Å². The van der Waals surface area contributed by atoms with Crippen molar-refractivity contribution in [2.45, 2.75) is 45.2 Å². The normalized spacial score (nSPS) is 20.0. The third-order valence-electron chi connectivity index (χ3n) is 4.53. The summed E-state index contributed by atoms with van der Waals surface area (Å²) in [5.41, 5.74) is 9.33.